The van der Waals surface area contributed by atoms with Gasteiger partial charge in [-0.05, 0) is 50.6 Å². The first-order valence-corrected chi connectivity index (χ1v) is 10.7. The maximum atomic E-state index is 12.2. The van der Waals surface area contributed by atoms with Crippen LogP contribution in [0.3, 0.4) is 0 Å². The van der Waals surface area contributed by atoms with Gasteiger partial charge >= 0.3 is 0 Å². The molecule has 1 aliphatic rings. The summed E-state index contributed by atoms with van der Waals surface area (Å²) in [5.41, 5.74) is 0.611. The Labute approximate surface area is 173 Å². The fourth-order valence-corrected chi connectivity index (χ4v) is 4.01. The lowest BCUT2D eigenvalue weighted by atomic mass is 10.2. The van der Waals surface area contributed by atoms with Crippen LogP contribution in [0.4, 0.5) is 5.69 Å². The number of rotatable bonds is 9. The fraction of sp³-hybridized carbons (Fsp3) is 0.474. The third kappa shape index (κ3) is 6.54. The van der Waals surface area contributed by atoms with E-state index in [0.29, 0.717) is 41.5 Å². The molecule has 0 aliphatic carbocycles. The lowest BCUT2D eigenvalue weighted by Gasteiger charge is -2.14. The normalized spacial score (nSPS) is 14.2. The highest BCUT2D eigenvalue weighted by molar-refractivity contribution is 7.13. The molecule has 7 nitrogen and oxygen atoms in total. The Morgan fingerprint density at radius 1 is 1.21 bits per heavy atom. The maximum Gasteiger partial charge on any atom is 0.286 e. The number of anilines is 1. The van der Waals surface area contributed by atoms with Crippen molar-refractivity contribution in [1.29, 1.82) is 0 Å². The molecule has 2 amide bonds. The highest BCUT2D eigenvalue weighted by atomic mass is 35.5. The molecule has 3 rings (SSSR count). The predicted octanol–water partition coefficient (Wildman–Crippen LogP) is 2.98. The van der Waals surface area contributed by atoms with Gasteiger partial charge in [0.05, 0.1) is 0 Å². The van der Waals surface area contributed by atoms with Gasteiger partial charge in [0.15, 0.2) is 0 Å². The van der Waals surface area contributed by atoms with Crippen molar-refractivity contribution < 1.29 is 9.59 Å². The molecule has 0 atom stereocenters. The Bertz CT molecular complexity index is 807. The van der Waals surface area contributed by atoms with E-state index in [-0.39, 0.29) is 11.8 Å². The summed E-state index contributed by atoms with van der Waals surface area (Å²) in [6.07, 6.45) is 4.27. The number of benzene rings is 1. The Kier molecular flexibility index (Phi) is 7.76. The van der Waals surface area contributed by atoms with Gasteiger partial charge in [0.1, 0.15) is 5.01 Å². The Morgan fingerprint density at radius 2 is 2.04 bits per heavy atom. The van der Waals surface area contributed by atoms with Gasteiger partial charge in [-0.25, -0.2) is 0 Å². The van der Waals surface area contributed by atoms with Crippen molar-refractivity contribution in [1.82, 2.24) is 20.4 Å². The first-order chi connectivity index (χ1) is 13.6. The van der Waals surface area contributed by atoms with Crippen molar-refractivity contribution in [2.24, 2.45) is 0 Å². The zero-order chi connectivity index (χ0) is 19.8. The molecule has 1 fully saturated rings. The second kappa shape index (κ2) is 10.5. The number of carbonyl (C=O) groups is 2. The van der Waals surface area contributed by atoms with Crippen molar-refractivity contribution in [2.45, 2.75) is 32.1 Å². The van der Waals surface area contributed by atoms with Crippen LogP contribution < -0.4 is 10.6 Å². The molecule has 2 aromatic rings. The average Bonchev–Trinajstić information content (AvgIpc) is 3.34. The van der Waals surface area contributed by atoms with Gasteiger partial charge < -0.3 is 15.5 Å². The van der Waals surface area contributed by atoms with E-state index < -0.39 is 0 Å². The van der Waals surface area contributed by atoms with Crippen LogP contribution in [-0.4, -0.2) is 53.1 Å². The van der Waals surface area contributed by atoms with Crippen LogP contribution in [0.1, 0.15) is 40.5 Å². The van der Waals surface area contributed by atoms with E-state index >= 15 is 0 Å². The minimum absolute atomic E-state index is 0.0580. The number of aromatic nitrogens is 2. The van der Waals surface area contributed by atoms with E-state index in [1.54, 1.807) is 24.3 Å². The monoisotopic (exact) mass is 421 g/mol. The van der Waals surface area contributed by atoms with Crippen LogP contribution in [-0.2, 0) is 11.2 Å². The zero-order valence-electron chi connectivity index (χ0n) is 15.6. The van der Waals surface area contributed by atoms with Crippen LogP contribution in [0.15, 0.2) is 24.3 Å². The fourth-order valence-electron chi connectivity index (χ4n) is 3.05. The maximum absolute atomic E-state index is 12.2. The van der Waals surface area contributed by atoms with Crippen molar-refractivity contribution >= 4 is 40.4 Å². The molecule has 0 saturated carbocycles. The number of amides is 2. The lowest BCUT2D eigenvalue weighted by molar-refractivity contribution is -0.121. The van der Waals surface area contributed by atoms with Crippen molar-refractivity contribution in [3.63, 3.8) is 0 Å². The molecule has 1 aromatic carbocycles. The molecule has 0 spiro atoms. The molecule has 1 saturated heterocycles. The number of carbonyl (C=O) groups excluding carboxylic acids is 2. The largest absolute Gasteiger partial charge is 0.355 e. The SMILES string of the molecule is O=C(CCCc1nnc(C(=O)Nc2cccc(Cl)c2)s1)NCCN1CCCC1. The van der Waals surface area contributed by atoms with Crippen LogP contribution in [0, 0.1) is 0 Å². The summed E-state index contributed by atoms with van der Waals surface area (Å²) in [7, 11) is 0. The molecule has 0 radical (unpaired) electrons. The molecule has 0 bridgehead atoms. The van der Waals surface area contributed by atoms with Crippen LogP contribution in [0.2, 0.25) is 5.02 Å². The summed E-state index contributed by atoms with van der Waals surface area (Å²) < 4.78 is 0. The third-order valence-electron chi connectivity index (χ3n) is 4.49. The number of aryl methyl sites for hydroxylation is 1. The Hall–Kier alpha value is -2.03. The Morgan fingerprint density at radius 3 is 2.82 bits per heavy atom. The molecule has 1 aromatic heterocycles. The summed E-state index contributed by atoms with van der Waals surface area (Å²) in [5.74, 6) is -0.256. The highest BCUT2D eigenvalue weighted by Gasteiger charge is 2.14. The summed E-state index contributed by atoms with van der Waals surface area (Å²) >= 11 is 7.16. The Balaban J connectivity index is 1.35. The number of nitrogens with one attached hydrogen (secondary N) is 2. The van der Waals surface area contributed by atoms with Gasteiger partial charge in [-0.1, -0.05) is 29.0 Å². The third-order valence-corrected chi connectivity index (χ3v) is 5.70. The molecule has 2 heterocycles. The number of likely N-dealkylation sites (tertiary alicyclic amines) is 1. The van der Waals surface area contributed by atoms with E-state index in [4.69, 9.17) is 11.6 Å². The minimum Gasteiger partial charge on any atom is -0.355 e. The lowest BCUT2D eigenvalue weighted by Crippen LogP contribution is -2.33. The summed E-state index contributed by atoms with van der Waals surface area (Å²) in [5, 5.41) is 15.3. The summed E-state index contributed by atoms with van der Waals surface area (Å²) in [4.78, 5) is 26.5. The van der Waals surface area contributed by atoms with Crippen LogP contribution in [0.5, 0.6) is 0 Å². The van der Waals surface area contributed by atoms with Crippen LogP contribution in [0.25, 0.3) is 0 Å². The van der Waals surface area contributed by atoms with Gasteiger partial charge in [-0.2, -0.15) is 0 Å². The van der Waals surface area contributed by atoms with Gasteiger partial charge in [-0.3, -0.25) is 9.59 Å². The molecule has 0 unspecified atom stereocenters. The molecule has 28 heavy (non-hydrogen) atoms. The van der Waals surface area contributed by atoms with Gasteiger partial charge in [0.2, 0.25) is 10.9 Å². The molecule has 1 aliphatic heterocycles. The second-order valence-electron chi connectivity index (χ2n) is 6.72. The molecular formula is C19H24ClN5O2S. The van der Waals surface area contributed by atoms with E-state index in [2.05, 4.69) is 25.7 Å². The molecule has 2 N–H and O–H groups in total. The van der Waals surface area contributed by atoms with Crippen molar-refractivity contribution in [2.75, 3.05) is 31.5 Å². The number of halogens is 1. The van der Waals surface area contributed by atoms with Gasteiger partial charge in [0.25, 0.3) is 5.91 Å². The quantitative estimate of drug-likeness (QED) is 0.649. The van der Waals surface area contributed by atoms with E-state index in [0.717, 1.165) is 24.6 Å². The second-order valence-corrected chi connectivity index (χ2v) is 8.22. The standard InChI is InChI=1S/C19H24ClN5O2S/c20-14-5-3-6-15(13-14)22-18(27)19-24-23-17(28-19)8-4-7-16(26)21-9-12-25-10-1-2-11-25/h3,5-6,13H,1-2,4,7-12H2,(H,21,26)(H,22,27). The summed E-state index contributed by atoms with van der Waals surface area (Å²) in [6, 6.07) is 6.93. The van der Waals surface area contributed by atoms with Crippen molar-refractivity contribution in [3.05, 3.63) is 39.3 Å². The first kappa shape index (κ1) is 20.7. The number of hydrogen-bond donors (Lipinski definition) is 2. The van der Waals surface area contributed by atoms with Gasteiger partial charge in [-0.15, -0.1) is 10.2 Å². The molecule has 150 valence electrons. The number of nitrogens with zero attached hydrogens (tertiary/aromatic N) is 3. The highest BCUT2D eigenvalue weighted by Crippen LogP contribution is 2.18. The zero-order valence-corrected chi connectivity index (χ0v) is 17.2. The van der Waals surface area contributed by atoms with E-state index in [1.165, 1.54) is 24.2 Å². The minimum atomic E-state index is -0.314. The summed E-state index contributed by atoms with van der Waals surface area (Å²) in [6.45, 7) is 3.90. The molecular weight excluding hydrogens is 398 g/mol. The van der Waals surface area contributed by atoms with Crippen molar-refractivity contribution in [3.8, 4) is 0 Å². The predicted molar refractivity (Wildman–Crippen MR) is 111 cm³/mol. The van der Waals surface area contributed by atoms with E-state index in [1.807, 2.05) is 0 Å². The topological polar surface area (TPSA) is 87.2 Å². The average molecular weight is 422 g/mol. The van der Waals surface area contributed by atoms with Crippen LogP contribution >= 0.6 is 22.9 Å². The number of hydrogen-bond acceptors (Lipinski definition) is 6. The molecule has 9 heteroatoms. The first-order valence-electron chi connectivity index (χ1n) is 9.48. The smallest absolute Gasteiger partial charge is 0.286 e. The van der Waals surface area contributed by atoms with E-state index in [9.17, 15) is 9.59 Å². The van der Waals surface area contributed by atoms with Gasteiger partial charge in [0, 0.05) is 36.6 Å².